The van der Waals surface area contributed by atoms with E-state index in [1.54, 1.807) is 12.1 Å². The topological polar surface area (TPSA) is 73.1 Å². The number of carbonyl (C=O) groups excluding carboxylic acids is 1. The maximum Gasteiger partial charge on any atom is 0.257 e. The number of rotatable bonds is 2. The Morgan fingerprint density at radius 1 is 1.19 bits per heavy atom. The van der Waals surface area contributed by atoms with Crippen LogP contribution in [0.3, 0.4) is 0 Å². The van der Waals surface area contributed by atoms with Crippen LogP contribution < -0.4 is 4.90 Å². The lowest BCUT2D eigenvalue weighted by Gasteiger charge is -2.45. The Kier molecular flexibility index (Phi) is 5.30. The number of benzene rings is 1. The average Bonchev–Trinajstić information content (AvgIpc) is 2.63. The van der Waals surface area contributed by atoms with Gasteiger partial charge in [-0.25, -0.2) is 9.97 Å². The van der Waals surface area contributed by atoms with Crippen molar-refractivity contribution >= 4 is 34.8 Å². The molecule has 3 rings (SSSR count). The summed E-state index contributed by atoms with van der Waals surface area (Å²) in [6.45, 7) is 5.26. The minimum absolute atomic E-state index is 0.0104. The van der Waals surface area contributed by atoms with Crippen LogP contribution in [-0.4, -0.2) is 45.9 Å². The zero-order valence-electron chi connectivity index (χ0n) is 14.4. The normalized spacial score (nSPS) is 20.0. The van der Waals surface area contributed by atoms with E-state index < -0.39 is 0 Å². The molecule has 0 unspecified atom stereocenters. The van der Waals surface area contributed by atoms with Crippen molar-refractivity contribution in [3.8, 4) is 6.07 Å². The summed E-state index contributed by atoms with van der Waals surface area (Å²) >= 11 is 11.9. The third kappa shape index (κ3) is 3.59. The third-order valence-corrected chi connectivity index (χ3v) is 5.03. The summed E-state index contributed by atoms with van der Waals surface area (Å²) in [6.07, 6.45) is 2.89. The maximum absolute atomic E-state index is 12.8. The van der Waals surface area contributed by atoms with Gasteiger partial charge in [-0.2, -0.15) is 5.26 Å². The second-order valence-corrected chi connectivity index (χ2v) is 7.07. The summed E-state index contributed by atoms with van der Waals surface area (Å²) in [5.41, 5.74) is 1.81. The van der Waals surface area contributed by atoms with Crippen LogP contribution in [0.4, 0.5) is 5.69 Å². The van der Waals surface area contributed by atoms with Crippen LogP contribution in [0.25, 0.3) is 0 Å². The number of carbonyl (C=O) groups is 1. The lowest BCUT2D eigenvalue weighted by molar-refractivity contribution is 0.0644. The van der Waals surface area contributed by atoms with Crippen molar-refractivity contribution < 1.29 is 4.79 Å². The van der Waals surface area contributed by atoms with Crippen molar-refractivity contribution in [2.45, 2.75) is 25.9 Å². The molecular formula is C18H17Cl2N5O. The fraction of sp³-hybridized carbons (Fsp3) is 0.333. The third-order valence-electron chi connectivity index (χ3n) is 4.52. The molecule has 26 heavy (non-hydrogen) atoms. The van der Waals surface area contributed by atoms with E-state index in [1.807, 2.05) is 17.9 Å². The Hall–Kier alpha value is -2.36. The van der Waals surface area contributed by atoms with E-state index in [1.165, 1.54) is 12.4 Å². The fourth-order valence-electron chi connectivity index (χ4n) is 3.13. The van der Waals surface area contributed by atoms with Crippen molar-refractivity contribution in [3.63, 3.8) is 0 Å². The molecule has 0 N–H and O–H groups in total. The molecule has 2 aromatic rings. The van der Waals surface area contributed by atoms with Crippen molar-refractivity contribution in [3.05, 3.63) is 52.0 Å². The molecule has 2 atom stereocenters. The van der Waals surface area contributed by atoms with Gasteiger partial charge in [0.25, 0.3) is 5.91 Å². The van der Waals surface area contributed by atoms with E-state index in [0.29, 0.717) is 29.2 Å². The molecule has 1 fully saturated rings. The number of hydrogen-bond acceptors (Lipinski definition) is 5. The number of nitrogens with zero attached hydrogens (tertiary/aromatic N) is 5. The first-order chi connectivity index (χ1) is 12.4. The molecule has 8 heteroatoms. The maximum atomic E-state index is 12.8. The molecule has 134 valence electrons. The number of amides is 1. The van der Waals surface area contributed by atoms with E-state index >= 15 is 0 Å². The standard InChI is InChI=1S/C18H17Cl2N5O/c1-11-10-25(17(26)14-7-22-18(20)23-8-14)12(2)9-24(11)15-4-3-13(6-21)16(19)5-15/h3-5,7-8,11-12H,9-10H2,1-2H3/t11-,12+/m0/s1. The number of piperazine rings is 1. The zero-order valence-corrected chi connectivity index (χ0v) is 15.9. The highest BCUT2D eigenvalue weighted by atomic mass is 35.5. The predicted octanol–water partition coefficient (Wildman–Crippen LogP) is 3.39. The number of halogens is 2. The van der Waals surface area contributed by atoms with Gasteiger partial charge >= 0.3 is 0 Å². The van der Waals surface area contributed by atoms with Gasteiger partial charge in [0.1, 0.15) is 6.07 Å². The van der Waals surface area contributed by atoms with Gasteiger partial charge in [0, 0.05) is 43.3 Å². The fourth-order valence-corrected chi connectivity index (χ4v) is 3.45. The van der Waals surface area contributed by atoms with Crippen molar-refractivity contribution in [2.24, 2.45) is 0 Å². The molecule has 0 radical (unpaired) electrons. The molecular weight excluding hydrogens is 373 g/mol. The summed E-state index contributed by atoms with van der Waals surface area (Å²) in [7, 11) is 0. The number of hydrogen-bond donors (Lipinski definition) is 0. The van der Waals surface area contributed by atoms with Crippen LogP contribution in [0.2, 0.25) is 10.3 Å². The van der Waals surface area contributed by atoms with Crippen molar-refractivity contribution in [1.82, 2.24) is 14.9 Å². The highest BCUT2D eigenvalue weighted by molar-refractivity contribution is 6.32. The number of anilines is 1. The molecule has 1 aliphatic heterocycles. The first-order valence-corrected chi connectivity index (χ1v) is 8.91. The van der Waals surface area contributed by atoms with Crippen LogP contribution in [0.1, 0.15) is 29.8 Å². The monoisotopic (exact) mass is 389 g/mol. The zero-order chi connectivity index (χ0) is 18.8. The average molecular weight is 390 g/mol. The summed E-state index contributed by atoms with van der Waals surface area (Å²) in [5.74, 6) is -0.112. The lowest BCUT2D eigenvalue weighted by atomic mass is 10.1. The number of nitriles is 1. The minimum Gasteiger partial charge on any atom is -0.365 e. The molecule has 1 aromatic heterocycles. The summed E-state index contributed by atoms with van der Waals surface area (Å²) in [4.78, 5) is 24.6. The summed E-state index contributed by atoms with van der Waals surface area (Å²) in [5, 5.41) is 9.57. The van der Waals surface area contributed by atoms with E-state index in [9.17, 15) is 4.79 Å². The van der Waals surface area contributed by atoms with Crippen molar-refractivity contribution in [2.75, 3.05) is 18.0 Å². The van der Waals surface area contributed by atoms with Crippen LogP contribution in [0.15, 0.2) is 30.6 Å². The van der Waals surface area contributed by atoms with Gasteiger partial charge in [-0.1, -0.05) is 11.6 Å². The molecule has 1 amide bonds. The molecule has 1 aliphatic rings. The van der Waals surface area contributed by atoms with Gasteiger partial charge in [0.15, 0.2) is 0 Å². The molecule has 2 heterocycles. The Balaban J connectivity index is 1.79. The highest BCUT2D eigenvalue weighted by Gasteiger charge is 2.33. The Bertz CT molecular complexity index is 865. The van der Waals surface area contributed by atoms with Crippen LogP contribution in [0.5, 0.6) is 0 Å². The van der Waals surface area contributed by atoms with Gasteiger partial charge in [0.05, 0.1) is 16.1 Å². The quantitative estimate of drug-likeness (QED) is 0.735. The van der Waals surface area contributed by atoms with Gasteiger partial charge in [0.2, 0.25) is 5.28 Å². The van der Waals surface area contributed by atoms with Crippen LogP contribution in [0, 0.1) is 11.3 Å². The van der Waals surface area contributed by atoms with Crippen LogP contribution >= 0.6 is 23.2 Å². The largest absolute Gasteiger partial charge is 0.365 e. The molecule has 0 saturated carbocycles. The van der Waals surface area contributed by atoms with Gasteiger partial charge in [-0.15, -0.1) is 0 Å². The van der Waals surface area contributed by atoms with Gasteiger partial charge < -0.3 is 9.80 Å². The molecule has 0 spiro atoms. The first kappa shape index (κ1) is 18.4. The Labute approximate surface area is 162 Å². The van der Waals surface area contributed by atoms with E-state index in [4.69, 9.17) is 28.5 Å². The highest BCUT2D eigenvalue weighted by Crippen LogP contribution is 2.28. The van der Waals surface area contributed by atoms with Gasteiger partial charge in [-0.05, 0) is 43.6 Å². The van der Waals surface area contributed by atoms with E-state index in [2.05, 4.69) is 27.9 Å². The molecule has 6 nitrogen and oxygen atoms in total. The second-order valence-electron chi connectivity index (χ2n) is 6.32. The summed E-state index contributed by atoms with van der Waals surface area (Å²) < 4.78 is 0. The predicted molar refractivity (Wildman–Crippen MR) is 101 cm³/mol. The minimum atomic E-state index is -0.112. The van der Waals surface area contributed by atoms with E-state index in [0.717, 1.165) is 5.69 Å². The molecule has 1 aromatic carbocycles. The van der Waals surface area contributed by atoms with Crippen molar-refractivity contribution in [1.29, 1.82) is 5.26 Å². The number of aromatic nitrogens is 2. The van der Waals surface area contributed by atoms with E-state index in [-0.39, 0.29) is 23.3 Å². The molecule has 0 bridgehead atoms. The summed E-state index contributed by atoms with van der Waals surface area (Å²) in [6, 6.07) is 7.55. The molecule has 1 saturated heterocycles. The SMILES string of the molecule is C[C@@H]1CN(c2ccc(C#N)c(Cl)c2)[C@@H](C)CN1C(=O)c1cnc(Cl)nc1. The first-order valence-electron chi connectivity index (χ1n) is 8.15. The second kappa shape index (κ2) is 7.48. The molecule has 0 aliphatic carbocycles. The lowest BCUT2D eigenvalue weighted by Crippen LogP contribution is -2.58. The Morgan fingerprint density at radius 2 is 1.88 bits per heavy atom. The van der Waals surface area contributed by atoms with Crippen LogP contribution in [-0.2, 0) is 0 Å². The smallest absolute Gasteiger partial charge is 0.257 e. The Morgan fingerprint density at radius 3 is 2.50 bits per heavy atom. The van der Waals surface area contributed by atoms with Gasteiger partial charge in [-0.3, -0.25) is 4.79 Å².